The minimum absolute atomic E-state index is 0.271. The van der Waals surface area contributed by atoms with Crippen LogP contribution in [0.15, 0.2) is 91.8 Å². The SMILES string of the molecule is C=CC(=O)Nc1cccc(N(C(=O)Nc2ccccc2Cl)c2cc(Nc3ccc(N4CCN(C)CC4)cc3OC)ncn2)c1. The summed E-state index contributed by atoms with van der Waals surface area (Å²) >= 11 is 6.33. The van der Waals surface area contributed by atoms with E-state index in [4.69, 9.17) is 16.3 Å². The van der Waals surface area contributed by atoms with E-state index >= 15 is 0 Å². The Morgan fingerprint density at radius 1 is 0.955 bits per heavy atom. The van der Waals surface area contributed by atoms with Crippen LogP contribution in [0.2, 0.25) is 5.02 Å². The van der Waals surface area contributed by atoms with Gasteiger partial charge in [0.15, 0.2) is 0 Å². The van der Waals surface area contributed by atoms with Crippen molar-refractivity contribution in [2.75, 3.05) is 66.1 Å². The number of halogens is 1. The predicted octanol–water partition coefficient (Wildman–Crippen LogP) is 6.13. The zero-order chi connectivity index (χ0) is 31.1. The van der Waals surface area contributed by atoms with Crippen LogP contribution in [-0.2, 0) is 4.79 Å². The Labute approximate surface area is 261 Å². The maximum Gasteiger partial charge on any atom is 0.332 e. The van der Waals surface area contributed by atoms with Crippen molar-refractivity contribution in [3.05, 3.63) is 96.8 Å². The average molecular weight is 613 g/mol. The zero-order valence-corrected chi connectivity index (χ0v) is 25.2. The Morgan fingerprint density at radius 2 is 1.75 bits per heavy atom. The lowest BCUT2D eigenvalue weighted by molar-refractivity contribution is -0.111. The summed E-state index contributed by atoms with van der Waals surface area (Å²) in [5, 5.41) is 9.25. The molecule has 0 spiro atoms. The van der Waals surface area contributed by atoms with Crippen molar-refractivity contribution in [3.8, 4) is 5.75 Å². The molecule has 5 rings (SSSR count). The van der Waals surface area contributed by atoms with E-state index < -0.39 is 6.03 Å². The van der Waals surface area contributed by atoms with Gasteiger partial charge in [0, 0.05) is 49.7 Å². The second-order valence-corrected chi connectivity index (χ2v) is 10.5. The Hall–Kier alpha value is -5.13. The van der Waals surface area contributed by atoms with E-state index in [1.807, 2.05) is 18.2 Å². The molecule has 3 aromatic carbocycles. The number of nitrogens with one attached hydrogen (secondary N) is 3. The second kappa shape index (κ2) is 13.9. The molecule has 226 valence electrons. The molecule has 0 atom stereocenters. The monoisotopic (exact) mass is 612 g/mol. The first-order valence-corrected chi connectivity index (χ1v) is 14.3. The van der Waals surface area contributed by atoms with Gasteiger partial charge in [-0.1, -0.05) is 36.4 Å². The second-order valence-electron chi connectivity index (χ2n) is 10.1. The van der Waals surface area contributed by atoms with Crippen molar-refractivity contribution in [1.82, 2.24) is 14.9 Å². The standard InChI is InChI=1S/C32H33ClN8O3/c1-4-31(42)36-22-8-7-9-24(18-22)41(32(43)38-26-11-6-5-10-25(26)33)30-20-29(34-21-35-30)37-27-13-12-23(19-28(27)44-3)40-16-14-39(2)15-17-40/h4-13,18-21H,1,14-17H2,2-3H3,(H,36,42)(H,38,43)(H,34,35,37). The third-order valence-corrected chi connectivity index (χ3v) is 7.40. The normalized spacial score (nSPS) is 13.1. The van der Waals surface area contributed by atoms with Gasteiger partial charge in [0.2, 0.25) is 5.91 Å². The number of piperazine rings is 1. The largest absolute Gasteiger partial charge is 0.494 e. The molecule has 44 heavy (non-hydrogen) atoms. The first-order valence-electron chi connectivity index (χ1n) is 13.9. The summed E-state index contributed by atoms with van der Waals surface area (Å²) in [6.45, 7) is 7.36. The number of benzene rings is 3. The van der Waals surface area contributed by atoms with Gasteiger partial charge in [-0.05, 0) is 55.6 Å². The molecule has 1 aliphatic rings. The minimum Gasteiger partial charge on any atom is -0.494 e. The fraction of sp³-hybridized carbons (Fsp3) is 0.188. The van der Waals surface area contributed by atoms with Gasteiger partial charge in [-0.3, -0.25) is 4.79 Å². The van der Waals surface area contributed by atoms with Crippen LogP contribution in [0.4, 0.5) is 44.9 Å². The zero-order valence-electron chi connectivity index (χ0n) is 24.5. The summed E-state index contributed by atoms with van der Waals surface area (Å²) in [7, 11) is 3.75. The van der Waals surface area contributed by atoms with Gasteiger partial charge in [0.05, 0.1) is 29.2 Å². The van der Waals surface area contributed by atoms with Crippen LogP contribution < -0.4 is 30.5 Å². The third-order valence-electron chi connectivity index (χ3n) is 7.07. The number of aromatic nitrogens is 2. The van der Waals surface area contributed by atoms with Gasteiger partial charge in [0.1, 0.15) is 23.7 Å². The molecule has 0 aliphatic carbocycles. The number of nitrogens with zero attached hydrogens (tertiary/aromatic N) is 5. The third kappa shape index (κ3) is 7.25. The molecule has 4 aromatic rings. The molecular weight excluding hydrogens is 580 g/mol. The number of anilines is 7. The van der Waals surface area contributed by atoms with E-state index in [1.165, 1.54) is 17.3 Å². The van der Waals surface area contributed by atoms with Crippen LogP contribution in [0.5, 0.6) is 5.75 Å². The average Bonchev–Trinajstić information content (AvgIpc) is 3.03. The van der Waals surface area contributed by atoms with Crippen molar-refractivity contribution >= 4 is 63.6 Å². The van der Waals surface area contributed by atoms with Crippen LogP contribution in [0.3, 0.4) is 0 Å². The van der Waals surface area contributed by atoms with Gasteiger partial charge in [-0.2, -0.15) is 0 Å². The lowest BCUT2D eigenvalue weighted by Crippen LogP contribution is -2.44. The molecule has 0 unspecified atom stereocenters. The summed E-state index contributed by atoms with van der Waals surface area (Å²) in [6, 6.07) is 20.9. The van der Waals surface area contributed by atoms with Gasteiger partial charge in [-0.15, -0.1) is 0 Å². The van der Waals surface area contributed by atoms with Crippen molar-refractivity contribution in [1.29, 1.82) is 0 Å². The number of hydrogen-bond donors (Lipinski definition) is 3. The Balaban J connectivity index is 1.46. The molecule has 0 bridgehead atoms. The smallest absolute Gasteiger partial charge is 0.332 e. The highest BCUT2D eigenvalue weighted by molar-refractivity contribution is 6.33. The van der Waals surface area contributed by atoms with E-state index in [1.54, 1.807) is 61.7 Å². The Kier molecular flexibility index (Phi) is 9.58. The van der Waals surface area contributed by atoms with Crippen LogP contribution in [0, 0.1) is 0 Å². The molecule has 3 N–H and O–H groups in total. The predicted molar refractivity (Wildman–Crippen MR) is 176 cm³/mol. The summed E-state index contributed by atoms with van der Waals surface area (Å²) in [4.78, 5) is 40.5. The number of para-hydroxylation sites is 1. The highest BCUT2D eigenvalue weighted by atomic mass is 35.5. The fourth-order valence-electron chi connectivity index (χ4n) is 4.72. The molecule has 11 nitrogen and oxygen atoms in total. The van der Waals surface area contributed by atoms with Crippen LogP contribution in [-0.4, -0.2) is 67.1 Å². The van der Waals surface area contributed by atoms with Crippen LogP contribution in [0.1, 0.15) is 0 Å². The number of carbonyl (C=O) groups is 2. The topological polar surface area (TPSA) is 115 Å². The molecular formula is C32H33ClN8O3. The molecule has 1 aromatic heterocycles. The van der Waals surface area contributed by atoms with Gasteiger partial charge in [-0.25, -0.2) is 19.7 Å². The van der Waals surface area contributed by atoms with E-state index in [0.717, 1.165) is 31.9 Å². The van der Waals surface area contributed by atoms with Crippen molar-refractivity contribution < 1.29 is 14.3 Å². The Morgan fingerprint density at radius 3 is 2.50 bits per heavy atom. The summed E-state index contributed by atoms with van der Waals surface area (Å²) < 4.78 is 5.72. The Bertz CT molecular complexity index is 1660. The number of carbonyl (C=O) groups excluding carboxylic acids is 2. The molecule has 1 aliphatic heterocycles. The highest BCUT2D eigenvalue weighted by Crippen LogP contribution is 2.34. The number of ether oxygens (including phenoxy) is 1. The van der Waals surface area contributed by atoms with Crippen LogP contribution >= 0.6 is 11.6 Å². The lowest BCUT2D eigenvalue weighted by atomic mass is 10.2. The first kappa shape index (κ1) is 30.3. The van der Waals surface area contributed by atoms with Gasteiger partial charge >= 0.3 is 6.03 Å². The van der Waals surface area contributed by atoms with Crippen LogP contribution in [0.25, 0.3) is 0 Å². The minimum atomic E-state index is -0.524. The number of rotatable bonds is 9. The number of likely N-dealkylation sites (N-methyl/N-ethyl adjacent to an activating group) is 1. The number of methoxy groups -OCH3 is 1. The van der Waals surface area contributed by atoms with Crippen molar-refractivity contribution in [2.24, 2.45) is 0 Å². The maximum atomic E-state index is 13.8. The fourth-order valence-corrected chi connectivity index (χ4v) is 4.91. The highest BCUT2D eigenvalue weighted by Gasteiger charge is 2.22. The van der Waals surface area contributed by atoms with Crippen molar-refractivity contribution in [3.63, 3.8) is 0 Å². The van der Waals surface area contributed by atoms with E-state index in [-0.39, 0.29) is 11.7 Å². The van der Waals surface area contributed by atoms with E-state index in [0.29, 0.717) is 39.3 Å². The molecule has 12 heteroatoms. The van der Waals surface area contributed by atoms with Crippen molar-refractivity contribution in [2.45, 2.75) is 0 Å². The number of amides is 3. The summed E-state index contributed by atoms with van der Waals surface area (Å²) in [5.74, 6) is 0.982. The maximum absolute atomic E-state index is 13.8. The van der Waals surface area contributed by atoms with Gasteiger partial charge in [0.25, 0.3) is 0 Å². The summed E-state index contributed by atoms with van der Waals surface area (Å²) in [5.41, 5.74) is 3.12. The molecule has 0 saturated carbocycles. The van der Waals surface area contributed by atoms with E-state index in [2.05, 4.69) is 49.3 Å². The van der Waals surface area contributed by atoms with Gasteiger partial charge < -0.3 is 30.5 Å². The van der Waals surface area contributed by atoms with E-state index in [9.17, 15) is 9.59 Å². The quantitative estimate of drug-likeness (QED) is 0.193. The summed E-state index contributed by atoms with van der Waals surface area (Å²) in [6.07, 6.45) is 2.53. The molecule has 1 fully saturated rings. The lowest BCUT2D eigenvalue weighted by Gasteiger charge is -2.34. The first-order chi connectivity index (χ1) is 21.3. The molecule has 2 heterocycles. The molecule has 3 amide bonds. The number of hydrogen-bond acceptors (Lipinski definition) is 8. The molecule has 0 radical (unpaired) electrons. The molecule has 1 saturated heterocycles. The number of urea groups is 1.